The van der Waals surface area contributed by atoms with E-state index in [9.17, 15) is 4.79 Å². The molecule has 1 amide bonds. The number of fused-ring (bicyclic) bond motifs is 1. The molecule has 0 radical (unpaired) electrons. The molecule has 0 aromatic heterocycles. The van der Waals surface area contributed by atoms with Gasteiger partial charge >= 0.3 is 0 Å². The van der Waals surface area contributed by atoms with Gasteiger partial charge in [0.15, 0.2) is 0 Å². The second-order valence-electron chi connectivity index (χ2n) is 8.62. The lowest BCUT2D eigenvalue weighted by Gasteiger charge is -2.26. The number of halogens is 2. The molecule has 1 heterocycles. The molecule has 0 aliphatic carbocycles. The number of carbonyl (C=O) groups excluding carboxylic acids is 1. The van der Waals surface area contributed by atoms with Crippen LogP contribution in [0, 0.1) is 0 Å². The van der Waals surface area contributed by atoms with Crippen molar-refractivity contribution in [3.63, 3.8) is 0 Å². The van der Waals surface area contributed by atoms with Crippen LogP contribution in [0.2, 0.25) is 10.0 Å². The summed E-state index contributed by atoms with van der Waals surface area (Å²) in [5.74, 6) is 0.601. The van der Waals surface area contributed by atoms with Gasteiger partial charge in [0.2, 0.25) is 0 Å². The van der Waals surface area contributed by atoms with Crippen LogP contribution in [0.4, 0.5) is 5.69 Å². The number of hydrogen-bond donors (Lipinski definition) is 1. The zero-order chi connectivity index (χ0) is 24.9. The normalized spacial score (nSPS) is 14.1. The summed E-state index contributed by atoms with van der Waals surface area (Å²) >= 11 is 12.4. The maximum Gasteiger partial charge on any atom is 0.255 e. The van der Waals surface area contributed by atoms with Crippen LogP contribution in [0.1, 0.15) is 10.4 Å². The lowest BCUT2D eigenvalue weighted by molar-refractivity contribution is 0.0323. The predicted molar refractivity (Wildman–Crippen MR) is 147 cm³/mol. The highest BCUT2D eigenvalue weighted by atomic mass is 35.5. The summed E-state index contributed by atoms with van der Waals surface area (Å²) in [4.78, 5) is 15.5. The van der Waals surface area contributed by atoms with Crippen LogP contribution in [0.3, 0.4) is 0 Å². The highest BCUT2D eigenvalue weighted by molar-refractivity contribution is 6.36. The molecule has 0 unspecified atom stereocenters. The Morgan fingerprint density at radius 3 is 2.53 bits per heavy atom. The van der Waals surface area contributed by atoms with Crippen molar-refractivity contribution in [2.75, 3.05) is 44.8 Å². The Hall–Kier alpha value is -3.09. The van der Waals surface area contributed by atoms with Crippen molar-refractivity contribution in [1.82, 2.24) is 4.90 Å². The van der Waals surface area contributed by atoms with Gasteiger partial charge in [-0.1, -0.05) is 65.7 Å². The fourth-order valence-electron chi connectivity index (χ4n) is 4.36. The fraction of sp³-hybridized carbons (Fsp3) is 0.207. The van der Waals surface area contributed by atoms with E-state index < -0.39 is 0 Å². The van der Waals surface area contributed by atoms with Crippen LogP contribution >= 0.6 is 23.2 Å². The lowest BCUT2D eigenvalue weighted by atomic mass is 10.0. The molecule has 4 aromatic rings. The van der Waals surface area contributed by atoms with Crippen molar-refractivity contribution in [3.05, 3.63) is 94.5 Å². The second-order valence-corrected chi connectivity index (χ2v) is 9.46. The first-order valence-corrected chi connectivity index (χ1v) is 12.7. The third kappa shape index (κ3) is 5.66. The molecule has 0 atom stereocenters. The van der Waals surface area contributed by atoms with Crippen molar-refractivity contribution in [2.45, 2.75) is 0 Å². The predicted octanol–water partition coefficient (Wildman–Crippen LogP) is 6.78. The number of nitrogens with one attached hydrogen (secondary N) is 1. The zero-order valence-corrected chi connectivity index (χ0v) is 21.2. The summed E-state index contributed by atoms with van der Waals surface area (Å²) in [5.41, 5.74) is 2.93. The van der Waals surface area contributed by atoms with Gasteiger partial charge in [0.25, 0.3) is 5.91 Å². The summed E-state index contributed by atoms with van der Waals surface area (Å²) in [5, 5.41) is 6.05. The summed E-state index contributed by atoms with van der Waals surface area (Å²) in [6.07, 6.45) is 0. The third-order valence-electron chi connectivity index (χ3n) is 6.27. The van der Waals surface area contributed by atoms with E-state index in [2.05, 4.69) is 10.2 Å². The second kappa shape index (κ2) is 11.3. The summed E-state index contributed by atoms with van der Waals surface area (Å²) in [6, 6.07) is 24.5. The largest absolute Gasteiger partial charge is 0.492 e. The maximum atomic E-state index is 13.2. The number of amides is 1. The molecule has 1 saturated heterocycles. The molecule has 4 aromatic carbocycles. The molecule has 5 rings (SSSR count). The van der Waals surface area contributed by atoms with Crippen LogP contribution in [-0.4, -0.2) is 50.3 Å². The highest BCUT2D eigenvalue weighted by Gasteiger charge is 2.14. The van der Waals surface area contributed by atoms with Crippen LogP contribution < -0.4 is 10.1 Å². The average Bonchev–Trinajstić information content (AvgIpc) is 2.90. The smallest absolute Gasteiger partial charge is 0.255 e. The van der Waals surface area contributed by atoms with E-state index in [-0.39, 0.29) is 5.91 Å². The Kier molecular flexibility index (Phi) is 7.73. The number of rotatable bonds is 7. The standard InChI is InChI=1S/C29H26Cl2N2O3/c30-22-8-9-23(26(31)19-22)20-4-3-5-21(18-20)29(34)32-27-10-11-28(25-7-2-1-6-24(25)27)36-17-14-33-12-15-35-16-13-33/h1-11,18-19H,12-17H2,(H,32,34). The van der Waals surface area contributed by atoms with E-state index in [0.717, 1.165) is 66.2 Å². The SMILES string of the molecule is O=C(Nc1ccc(OCCN2CCOCC2)c2ccccc12)c1cccc(-c2ccc(Cl)cc2Cl)c1. The number of anilines is 1. The molecule has 184 valence electrons. The van der Waals surface area contributed by atoms with Crippen LogP contribution in [0.5, 0.6) is 5.75 Å². The van der Waals surface area contributed by atoms with E-state index in [1.807, 2.05) is 60.7 Å². The monoisotopic (exact) mass is 520 g/mol. The van der Waals surface area contributed by atoms with E-state index in [1.54, 1.807) is 18.2 Å². The van der Waals surface area contributed by atoms with E-state index in [4.69, 9.17) is 32.7 Å². The van der Waals surface area contributed by atoms with Gasteiger partial charge in [-0.05, 0) is 42.0 Å². The molecule has 0 saturated carbocycles. The van der Waals surface area contributed by atoms with Crippen molar-refractivity contribution in [3.8, 4) is 16.9 Å². The molecule has 0 bridgehead atoms. The molecule has 1 fully saturated rings. The Morgan fingerprint density at radius 2 is 1.72 bits per heavy atom. The molecule has 36 heavy (non-hydrogen) atoms. The Bertz CT molecular complexity index is 1390. The number of benzene rings is 4. The van der Waals surface area contributed by atoms with E-state index >= 15 is 0 Å². The first-order chi connectivity index (χ1) is 17.6. The Labute approximate surface area is 220 Å². The molecule has 1 aliphatic heterocycles. The van der Waals surface area contributed by atoms with Gasteiger partial charge in [0, 0.05) is 57.3 Å². The topological polar surface area (TPSA) is 50.8 Å². The van der Waals surface area contributed by atoms with Gasteiger partial charge in [-0.2, -0.15) is 0 Å². The Balaban J connectivity index is 1.33. The molecule has 0 spiro atoms. The van der Waals surface area contributed by atoms with Gasteiger partial charge in [-0.3, -0.25) is 9.69 Å². The first kappa shape index (κ1) is 24.6. The fourth-order valence-corrected chi connectivity index (χ4v) is 4.88. The molecular formula is C29H26Cl2N2O3. The minimum Gasteiger partial charge on any atom is -0.492 e. The van der Waals surface area contributed by atoms with Gasteiger partial charge < -0.3 is 14.8 Å². The number of nitrogens with zero attached hydrogens (tertiary/aromatic N) is 1. The van der Waals surface area contributed by atoms with Gasteiger partial charge in [-0.15, -0.1) is 0 Å². The average molecular weight is 521 g/mol. The molecular weight excluding hydrogens is 495 g/mol. The van der Waals surface area contributed by atoms with Crippen LogP contribution in [0.25, 0.3) is 21.9 Å². The zero-order valence-electron chi connectivity index (χ0n) is 19.7. The van der Waals surface area contributed by atoms with Crippen molar-refractivity contribution in [2.24, 2.45) is 0 Å². The summed E-state index contributed by atoms with van der Waals surface area (Å²) < 4.78 is 11.5. The molecule has 1 aliphatic rings. The number of ether oxygens (including phenoxy) is 2. The van der Waals surface area contributed by atoms with Gasteiger partial charge in [0.05, 0.1) is 13.2 Å². The van der Waals surface area contributed by atoms with Crippen molar-refractivity contribution < 1.29 is 14.3 Å². The van der Waals surface area contributed by atoms with E-state index in [0.29, 0.717) is 22.2 Å². The van der Waals surface area contributed by atoms with Crippen molar-refractivity contribution >= 4 is 45.6 Å². The van der Waals surface area contributed by atoms with E-state index in [1.165, 1.54) is 0 Å². The number of carbonyl (C=O) groups is 1. The summed E-state index contributed by atoms with van der Waals surface area (Å²) in [7, 11) is 0. The maximum absolute atomic E-state index is 13.2. The number of hydrogen-bond acceptors (Lipinski definition) is 4. The first-order valence-electron chi connectivity index (χ1n) is 11.9. The van der Waals surface area contributed by atoms with Crippen LogP contribution in [0.15, 0.2) is 78.9 Å². The van der Waals surface area contributed by atoms with Gasteiger partial charge in [0.1, 0.15) is 12.4 Å². The minimum absolute atomic E-state index is 0.201. The molecule has 1 N–H and O–H groups in total. The van der Waals surface area contributed by atoms with Gasteiger partial charge in [-0.25, -0.2) is 0 Å². The molecule has 7 heteroatoms. The Morgan fingerprint density at radius 1 is 0.917 bits per heavy atom. The number of morpholine rings is 1. The van der Waals surface area contributed by atoms with Crippen LogP contribution in [-0.2, 0) is 4.74 Å². The lowest BCUT2D eigenvalue weighted by Crippen LogP contribution is -2.38. The molecule has 5 nitrogen and oxygen atoms in total. The quantitative estimate of drug-likeness (QED) is 0.292. The highest BCUT2D eigenvalue weighted by Crippen LogP contribution is 2.33. The third-order valence-corrected chi connectivity index (χ3v) is 6.82. The summed E-state index contributed by atoms with van der Waals surface area (Å²) in [6.45, 7) is 4.85. The minimum atomic E-state index is -0.201. The van der Waals surface area contributed by atoms with Crippen molar-refractivity contribution in [1.29, 1.82) is 0 Å².